The summed E-state index contributed by atoms with van der Waals surface area (Å²) in [6.45, 7) is 5.39. The van der Waals surface area contributed by atoms with Gasteiger partial charge in [-0.25, -0.2) is 0 Å². The van der Waals surface area contributed by atoms with Gasteiger partial charge < -0.3 is 10.1 Å². The number of nitrogens with one attached hydrogen (secondary N) is 1. The van der Waals surface area contributed by atoms with Gasteiger partial charge in [-0.05, 0) is 35.3 Å². The highest BCUT2D eigenvalue weighted by Crippen LogP contribution is 2.34. The zero-order valence-electron chi connectivity index (χ0n) is 11.5. The number of methoxy groups -OCH3 is 1. The molecule has 18 heavy (non-hydrogen) atoms. The third kappa shape index (κ3) is 3.92. The maximum Gasteiger partial charge on any atom is 0.0713 e. The molecule has 1 aliphatic rings. The Morgan fingerprint density at radius 2 is 2.28 bits per heavy atom. The van der Waals surface area contributed by atoms with Crippen LogP contribution in [0.3, 0.4) is 0 Å². The molecule has 0 aliphatic carbocycles. The highest BCUT2D eigenvalue weighted by atomic mass is 32.2. The summed E-state index contributed by atoms with van der Waals surface area (Å²) in [5.41, 5.74) is 2.89. The smallest absolute Gasteiger partial charge is 0.0713 e. The van der Waals surface area contributed by atoms with Crippen LogP contribution in [-0.4, -0.2) is 24.7 Å². The molecule has 2 nitrogen and oxygen atoms in total. The van der Waals surface area contributed by atoms with E-state index in [1.807, 2.05) is 0 Å². The predicted molar refractivity (Wildman–Crippen MR) is 80.3 cm³/mol. The average molecular weight is 265 g/mol. The van der Waals surface area contributed by atoms with E-state index in [0.717, 1.165) is 0 Å². The van der Waals surface area contributed by atoms with Crippen LogP contribution in [0.15, 0.2) is 24.3 Å². The minimum Gasteiger partial charge on any atom is -0.381 e. The summed E-state index contributed by atoms with van der Waals surface area (Å²) >= 11 is 2.06. The molecule has 0 bridgehead atoms. The van der Waals surface area contributed by atoms with Gasteiger partial charge in [-0.2, -0.15) is 11.8 Å². The first-order valence-electron chi connectivity index (χ1n) is 6.51. The van der Waals surface area contributed by atoms with Crippen molar-refractivity contribution in [2.45, 2.75) is 32.9 Å². The minimum absolute atomic E-state index is 0.449. The van der Waals surface area contributed by atoms with E-state index in [-0.39, 0.29) is 0 Å². The topological polar surface area (TPSA) is 21.3 Å². The van der Waals surface area contributed by atoms with E-state index in [9.17, 15) is 0 Å². The molecule has 0 spiro atoms. The summed E-state index contributed by atoms with van der Waals surface area (Å²) in [7, 11) is 1.74. The van der Waals surface area contributed by atoms with Gasteiger partial charge in [-0.1, -0.05) is 26.0 Å². The Bertz CT molecular complexity index is 392. The van der Waals surface area contributed by atoms with Gasteiger partial charge in [0.2, 0.25) is 0 Å². The maximum atomic E-state index is 5.17. The summed E-state index contributed by atoms with van der Waals surface area (Å²) in [6, 6.07) is 9.12. The van der Waals surface area contributed by atoms with Gasteiger partial charge in [0.15, 0.2) is 0 Å². The molecule has 1 fully saturated rings. The quantitative estimate of drug-likeness (QED) is 0.895. The Balaban J connectivity index is 1.98. The molecule has 1 N–H and O–H groups in total. The fourth-order valence-electron chi connectivity index (χ4n) is 2.51. The van der Waals surface area contributed by atoms with Gasteiger partial charge >= 0.3 is 0 Å². The van der Waals surface area contributed by atoms with Crippen LogP contribution in [0, 0.1) is 5.41 Å². The van der Waals surface area contributed by atoms with E-state index < -0.39 is 0 Å². The van der Waals surface area contributed by atoms with E-state index in [0.29, 0.717) is 18.1 Å². The molecule has 1 atom stereocenters. The molecule has 1 aromatic rings. The largest absolute Gasteiger partial charge is 0.381 e. The van der Waals surface area contributed by atoms with Crippen molar-refractivity contribution in [3.8, 4) is 0 Å². The first kappa shape index (κ1) is 13.8. The van der Waals surface area contributed by atoms with Crippen molar-refractivity contribution >= 4 is 17.4 Å². The van der Waals surface area contributed by atoms with Crippen molar-refractivity contribution in [2.75, 3.05) is 23.9 Å². The fraction of sp³-hybridized carbons (Fsp3) is 0.600. The Hall–Kier alpha value is -0.670. The van der Waals surface area contributed by atoms with Gasteiger partial charge in [-0.15, -0.1) is 0 Å². The monoisotopic (exact) mass is 265 g/mol. The van der Waals surface area contributed by atoms with Crippen molar-refractivity contribution in [3.05, 3.63) is 29.8 Å². The molecule has 0 aromatic heterocycles. The van der Waals surface area contributed by atoms with E-state index in [2.05, 4.69) is 55.2 Å². The number of ether oxygens (including phenoxy) is 1. The zero-order valence-corrected chi connectivity index (χ0v) is 12.3. The number of hydrogen-bond donors (Lipinski definition) is 1. The van der Waals surface area contributed by atoms with Crippen LogP contribution in [-0.2, 0) is 11.3 Å². The van der Waals surface area contributed by atoms with E-state index in [1.165, 1.54) is 29.2 Å². The van der Waals surface area contributed by atoms with Crippen molar-refractivity contribution in [1.82, 2.24) is 0 Å². The number of thioether (sulfide) groups is 1. The second-order valence-corrected chi connectivity index (χ2v) is 6.89. The molecular weight excluding hydrogens is 242 g/mol. The van der Waals surface area contributed by atoms with Gasteiger partial charge in [0.25, 0.3) is 0 Å². The predicted octanol–water partition coefficient (Wildman–Crippen LogP) is 3.78. The van der Waals surface area contributed by atoms with E-state index in [1.54, 1.807) is 7.11 Å². The van der Waals surface area contributed by atoms with Crippen molar-refractivity contribution in [1.29, 1.82) is 0 Å². The van der Waals surface area contributed by atoms with Crippen LogP contribution in [0.1, 0.15) is 25.8 Å². The van der Waals surface area contributed by atoms with Crippen molar-refractivity contribution in [2.24, 2.45) is 5.41 Å². The summed E-state index contributed by atoms with van der Waals surface area (Å²) in [5.74, 6) is 2.48. The Morgan fingerprint density at radius 1 is 1.44 bits per heavy atom. The second kappa shape index (κ2) is 5.98. The SMILES string of the molecule is COCc1cccc(NC2CSCC(C)(C)C2)c1. The molecule has 0 radical (unpaired) electrons. The third-order valence-electron chi connectivity index (χ3n) is 3.22. The summed E-state index contributed by atoms with van der Waals surface area (Å²) in [4.78, 5) is 0. The number of hydrogen-bond acceptors (Lipinski definition) is 3. The lowest BCUT2D eigenvalue weighted by molar-refractivity contribution is 0.185. The zero-order chi connectivity index (χ0) is 13.0. The summed E-state index contributed by atoms with van der Waals surface area (Å²) in [6.07, 6.45) is 1.24. The van der Waals surface area contributed by atoms with Crippen LogP contribution in [0.5, 0.6) is 0 Å². The van der Waals surface area contributed by atoms with Gasteiger partial charge in [0.1, 0.15) is 0 Å². The number of benzene rings is 1. The van der Waals surface area contributed by atoms with Crippen LogP contribution >= 0.6 is 11.8 Å². The van der Waals surface area contributed by atoms with Crippen LogP contribution in [0.2, 0.25) is 0 Å². The fourth-order valence-corrected chi connectivity index (χ4v) is 3.78. The summed E-state index contributed by atoms with van der Waals surface area (Å²) < 4.78 is 5.17. The lowest BCUT2D eigenvalue weighted by Gasteiger charge is -2.35. The third-order valence-corrected chi connectivity index (χ3v) is 4.84. The van der Waals surface area contributed by atoms with Crippen molar-refractivity contribution in [3.63, 3.8) is 0 Å². The molecule has 3 heteroatoms. The molecule has 100 valence electrons. The maximum absolute atomic E-state index is 5.17. The van der Waals surface area contributed by atoms with Crippen LogP contribution < -0.4 is 5.32 Å². The Kier molecular flexibility index (Phi) is 4.57. The molecule has 0 saturated carbocycles. The van der Waals surface area contributed by atoms with Crippen molar-refractivity contribution < 1.29 is 4.74 Å². The van der Waals surface area contributed by atoms with Gasteiger partial charge in [0, 0.05) is 24.6 Å². The standard InChI is InChI=1S/C15H23NOS/c1-15(2)8-14(10-18-11-15)16-13-6-4-5-12(7-13)9-17-3/h4-7,14,16H,8-11H2,1-3H3. The normalized spacial score (nSPS) is 22.7. The lowest BCUT2D eigenvalue weighted by Crippen LogP contribution is -2.35. The lowest BCUT2D eigenvalue weighted by atomic mass is 9.88. The first-order chi connectivity index (χ1) is 8.59. The molecule has 1 aliphatic heterocycles. The van der Waals surface area contributed by atoms with Crippen LogP contribution in [0.4, 0.5) is 5.69 Å². The molecule has 0 amide bonds. The van der Waals surface area contributed by atoms with Crippen LogP contribution in [0.25, 0.3) is 0 Å². The number of anilines is 1. The number of rotatable bonds is 4. The Morgan fingerprint density at radius 3 is 3.00 bits per heavy atom. The second-order valence-electron chi connectivity index (χ2n) is 5.86. The van der Waals surface area contributed by atoms with E-state index in [4.69, 9.17) is 4.74 Å². The molecule has 2 rings (SSSR count). The highest BCUT2D eigenvalue weighted by molar-refractivity contribution is 7.99. The molecule has 1 aromatic carbocycles. The first-order valence-corrected chi connectivity index (χ1v) is 7.67. The minimum atomic E-state index is 0.449. The molecule has 1 heterocycles. The molecular formula is C15H23NOS. The highest BCUT2D eigenvalue weighted by Gasteiger charge is 2.28. The Labute approximate surface area is 114 Å². The van der Waals surface area contributed by atoms with E-state index >= 15 is 0 Å². The average Bonchev–Trinajstić information content (AvgIpc) is 2.28. The van der Waals surface area contributed by atoms with Gasteiger partial charge in [0.05, 0.1) is 6.61 Å². The molecule has 1 unspecified atom stereocenters. The molecule has 1 saturated heterocycles. The van der Waals surface area contributed by atoms with Gasteiger partial charge in [-0.3, -0.25) is 0 Å². The summed E-state index contributed by atoms with van der Waals surface area (Å²) in [5, 5.41) is 3.66.